The van der Waals surface area contributed by atoms with Gasteiger partial charge in [0.1, 0.15) is 17.5 Å². The Hall–Kier alpha value is -1.32. The molecule has 0 aliphatic rings. The molecule has 0 amide bonds. The third-order valence-corrected chi connectivity index (χ3v) is 3.24. The quantitative estimate of drug-likeness (QED) is 0.777. The Bertz CT molecular complexity index is 359. The van der Waals surface area contributed by atoms with Crippen molar-refractivity contribution in [2.24, 2.45) is 5.92 Å². The fourth-order valence-corrected chi connectivity index (χ4v) is 1.77. The largest absolute Gasteiger partial charge is 0.373 e. The van der Waals surface area contributed by atoms with Crippen molar-refractivity contribution >= 4 is 11.6 Å². The maximum absolute atomic E-state index is 4.56. The van der Waals surface area contributed by atoms with Crippen LogP contribution in [0, 0.1) is 5.92 Å². The fraction of sp³-hybridized carbons (Fsp3) is 0.714. The Morgan fingerprint density at radius 1 is 1.11 bits per heavy atom. The minimum Gasteiger partial charge on any atom is -0.373 e. The zero-order chi connectivity index (χ0) is 13.5. The van der Waals surface area contributed by atoms with Gasteiger partial charge < -0.3 is 10.6 Å². The van der Waals surface area contributed by atoms with Crippen LogP contribution >= 0.6 is 0 Å². The highest BCUT2D eigenvalue weighted by Crippen LogP contribution is 2.17. The van der Waals surface area contributed by atoms with E-state index in [1.165, 1.54) is 12.8 Å². The summed E-state index contributed by atoms with van der Waals surface area (Å²) in [4.78, 5) is 9.02. The van der Waals surface area contributed by atoms with Crippen molar-refractivity contribution in [3.63, 3.8) is 0 Å². The van der Waals surface area contributed by atoms with E-state index in [0.717, 1.165) is 24.0 Å². The average Bonchev–Trinajstić information content (AvgIpc) is 2.39. The van der Waals surface area contributed by atoms with Crippen molar-refractivity contribution in [3.8, 4) is 0 Å². The Balaban J connectivity index is 2.78. The molecule has 102 valence electrons. The summed E-state index contributed by atoms with van der Waals surface area (Å²) in [6.07, 6.45) is 2.40. The molecular formula is C14H26N4. The van der Waals surface area contributed by atoms with Gasteiger partial charge in [0.15, 0.2) is 0 Å². The highest BCUT2D eigenvalue weighted by atomic mass is 15.1. The maximum Gasteiger partial charge on any atom is 0.135 e. The highest BCUT2D eigenvalue weighted by Gasteiger charge is 2.08. The van der Waals surface area contributed by atoms with Gasteiger partial charge in [-0.25, -0.2) is 9.97 Å². The molecule has 0 unspecified atom stereocenters. The molecule has 0 fully saturated rings. The zero-order valence-corrected chi connectivity index (χ0v) is 12.2. The van der Waals surface area contributed by atoms with Gasteiger partial charge in [-0.15, -0.1) is 0 Å². The molecule has 2 N–H and O–H groups in total. The van der Waals surface area contributed by atoms with Crippen molar-refractivity contribution in [1.29, 1.82) is 0 Å². The Kier molecular flexibility index (Phi) is 5.89. The first-order chi connectivity index (χ1) is 8.60. The third kappa shape index (κ3) is 4.17. The van der Waals surface area contributed by atoms with E-state index in [1.54, 1.807) is 0 Å². The molecule has 0 aliphatic carbocycles. The predicted octanol–water partition coefficient (Wildman–Crippen LogP) is 3.49. The van der Waals surface area contributed by atoms with E-state index >= 15 is 0 Å². The van der Waals surface area contributed by atoms with Crippen LogP contribution in [0.3, 0.4) is 0 Å². The molecule has 0 spiro atoms. The van der Waals surface area contributed by atoms with Crippen LogP contribution in [0.4, 0.5) is 11.6 Å². The molecule has 18 heavy (non-hydrogen) atoms. The lowest BCUT2D eigenvalue weighted by atomic mass is 10.0. The van der Waals surface area contributed by atoms with Crippen molar-refractivity contribution in [2.75, 3.05) is 24.2 Å². The first-order valence-corrected chi connectivity index (χ1v) is 6.91. The van der Waals surface area contributed by atoms with Crippen molar-refractivity contribution in [3.05, 3.63) is 11.9 Å². The topological polar surface area (TPSA) is 49.8 Å². The Morgan fingerprint density at radius 3 is 2.22 bits per heavy atom. The van der Waals surface area contributed by atoms with Gasteiger partial charge in [-0.1, -0.05) is 40.5 Å². The lowest BCUT2D eigenvalue weighted by molar-refractivity contribution is 0.518. The second-order valence-corrected chi connectivity index (χ2v) is 4.96. The molecule has 1 aromatic heterocycles. The number of aromatic nitrogens is 2. The normalized spacial score (nSPS) is 11.1. The summed E-state index contributed by atoms with van der Waals surface area (Å²) in [5.41, 5.74) is 0. The standard InChI is InChI=1S/C14H26N4/c1-6-11(7-2)9-16-13-8-12(15-5)17-14(18-13)10(3)4/h8,10-11H,6-7,9H2,1-5H3,(H2,15,16,17,18). The molecule has 0 saturated heterocycles. The number of hydrogen-bond acceptors (Lipinski definition) is 4. The number of nitrogens with zero attached hydrogens (tertiary/aromatic N) is 2. The van der Waals surface area contributed by atoms with Gasteiger partial charge in [0.2, 0.25) is 0 Å². The van der Waals surface area contributed by atoms with E-state index in [1.807, 2.05) is 13.1 Å². The predicted molar refractivity (Wildman–Crippen MR) is 78.2 cm³/mol. The van der Waals surface area contributed by atoms with Crippen molar-refractivity contribution in [1.82, 2.24) is 9.97 Å². The number of nitrogens with one attached hydrogen (secondary N) is 2. The summed E-state index contributed by atoms with van der Waals surface area (Å²) in [5, 5.41) is 6.51. The van der Waals surface area contributed by atoms with Crippen LogP contribution < -0.4 is 10.6 Å². The van der Waals surface area contributed by atoms with E-state index in [4.69, 9.17) is 0 Å². The minimum atomic E-state index is 0.340. The number of anilines is 2. The lowest BCUT2D eigenvalue weighted by Gasteiger charge is -2.15. The van der Waals surface area contributed by atoms with Crippen LogP contribution in [0.2, 0.25) is 0 Å². The van der Waals surface area contributed by atoms with E-state index in [2.05, 4.69) is 48.3 Å². The van der Waals surface area contributed by atoms with Crippen LogP contribution in [-0.4, -0.2) is 23.6 Å². The first kappa shape index (κ1) is 14.7. The molecule has 1 aromatic rings. The monoisotopic (exact) mass is 250 g/mol. The van der Waals surface area contributed by atoms with E-state index in [0.29, 0.717) is 11.8 Å². The van der Waals surface area contributed by atoms with Gasteiger partial charge in [0.25, 0.3) is 0 Å². The molecule has 0 bridgehead atoms. The zero-order valence-electron chi connectivity index (χ0n) is 12.2. The summed E-state index contributed by atoms with van der Waals surface area (Å²) in [6.45, 7) is 9.66. The number of rotatable bonds is 7. The second-order valence-electron chi connectivity index (χ2n) is 4.96. The lowest BCUT2D eigenvalue weighted by Crippen LogP contribution is -2.15. The third-order valence-electron chi connectivity index (χ3n) is 3.24. The SMILES string of the molecule is CCC(CC)CNc1cc(NC)nc(C(C)C)n1. The highest BCUT2D eigenvalue weighted by molar-refractivity contribution is 5.47. The fourth-order valence-electron chi connectivity index (χ4n) is 1.77. The van der Waals surface area contributed by atoms with Crippen molar-refractivity contribution in [2.45, 2.75) is 46.5 Å². The van der Waals surface area contributed by atoms with Gasteiger partial charge in [0.05, 0.1) is 0 Å². The van der Waals surface area contributed by atoms with E-state index < -0.39 is 0 Å². The molecule has 0 radical (unpaired) electrons. The van der Waals surface area contributed by atoms with Gasteiger partial charge in [-0.3, -0.25) is 0 Å². The minimum absolute atomic E-state index is 0.340. The second kappa shape index (κ2) is 7.19. The van der Waals surface area contributed by atoms with Crippen LogP contribution in [0.5, 0.6) is 0 Å². The van der Waals surface area contributed by atoms with Gasteiger partial charge in [-0.05, 0) is 5.92 Å². The van der Waals surface area contributed by atoms with Crippen molar-refractivity contribution < 1.29 is 0 Å². The molecule has 0 aromatic carbocycles. The molecule has 4 heteroatoms. The van der Waals surface area contributed by atoms with Gasteiger partial charge in [0, 0.05) is 25.6 Å². The molecule has 4 nitrogen and oxygen atoms in total. The summed E-state index contributed by atoms with van der Waals surface area (Å²) in [7, 11) is 1.89. The number of hydrogen-bond donors (Lipinski definition) is 2. The summed E-state index contributed by atoms with van der Waals surface area (Å²) in [5.74, 6) is 3.73. The summed E-state index contributed by atoms with van der Waals surface area (Å²) >= 11 is 0. The Labute approximate surface area is 111 Å². The summed E-state index contributed by atoms with van der Waals surface area (Å²) in [6, 6.07) is 1.97. The van der Waals surface area contributed by atoms with Gasteiger partial charge in [-0.2, -0.15) is 0 Å². The van der Waals surface area contributed by atoms with Crippen LogP contribution in [0.25, 0.3) is 0 Å². The van der Waals surface area contributed by atoms with Crippen LogP contribution in [0.15, 0.2) is 6.07 Å². The smallest absolute Gasteiger partial charge is 0.135 e. The molecular weight excluding hydrogens is 224 g/mol. The van der Waals surface area contributed by atoms with Crippen LogP contribution in [-0.2, 0) is 0 Å². The van der Waals surface area contributed by atoms with E-state index in [9.17, 15) is 0 Å². The average molecular weight is 250 g/mol. The Morgan fingerprint density at radius 2 is 1.72 bits per heavy atom. The van der Waals surface area contributed by atoms with E-state index in [-0.39, 0.29) is 0 Å². The summed E-state index contributed by atoms with van der Waals surface area (Å²) < 4.78 is 0. The van der Waals surface area contributed by atoms with Gasteiger partial charge >= 0.3 is 0 Å². The molecule has 1 rings (SSSR count). The molecule has 0 aliphatic heterocycles. The van der Waals surface area contributed by atoms with Crippen LogP contribution in [0.1, 0.15) is 52.3 Å². The molecule has 0 atom stereocenters. The molecule has 1 heterocycles. The first-order valence-electron chi connectivity index (χ1n) is 6.91. The molecule has 0 saturated carbocycles. The maximum atomic E-state index is 4.56.